The topological polar surface area (TPSA) is 138 Å². The van der Waals surface area contributed by atoms with Crippen molar-refractivity contribution in [3.8, 4) is 0 Å². The van der Waals surface area contributed by atoms with E-state index in [1.54, 1.807) is 15.5 Å². The first-order chi connectivity index (χ1) is 21.3. The molecule has 0 aliphatic carbocycles. The van der Waals surface area contributed by atoms with E-state index in [-0.39, 0.29) is 30.4 Å². The molecular formula is C31H43N9O4. The summed E-state index contributed by atoms with van der Waals surface area (Å²) in [6.45, 7) is 7.67. The van der Waals surface area contributed by atoms with E-state index in [4.69, 9.17) is 19.4 Å². The summed E-state index contributed by atoms with van der Waals surface area (Å²) < 4.78 is 12.8. The van der Waals surface area contributed by atoms with Crippen LogP contribution in [0.25, 0.3) is 5.65 Å². The summed E-state index contributed by atoms with van der Waals surface area (Å²) >= 11 is 0. The zero-order chi connectivity index (χ0) is 31.1. The van der Waals surface area contributed by atoms with E-state index in [1.165, 1.54) is 6.08 Å². The molecule has 0 saturated carbocycles. The van der Waals surface area contributed by atoms with Gasteiger partial charge in [-0.2, -0.15) is 19.6 Å². The van der Waals surface area contributed by atoms with Crippen molar-refractivity contribution in [2.75, 3.05) is 69.6 Å². The second-order valence-electron chi connectivity index (χ2n) is 11.7. The Morgan fingerprint density at radius 1 is 1.14 bits per heavy atom. The monoisotopic (exact) mass is 605 g/mol. The maximum Gasteiger partial charge on any atom is 0.249 e. The highest BCUT2D eigenvalue weighted by molar-refractivity contribution is 5.99. The molecule has 3 N–H and O–H groups in total. The van der Waals surface area contributed by atoms with Gasteiger partial charge in [-0.3, -0.25) is 9.59 Å². The number of likely N-dealkylation sites (N-methyl/N-ethyl adjacent to an activating group) is 1. The molecule has 0 bridgehead atoms. The average Bonchev–Trinajstić information content (AvgIpc) is 3.45. The average molecular weight is 606 g/mol. The number of anilines is 3. The lowest BCUT2D eigenvalue weighted by atomic mass is 10.1. The van der Waals surface area contributed by atoms with Crippen molar-refractivity contribution in [2.24, 2.45) is 0 Å². The smallest absolute Gasteiger partial charge is 0.249 e. The third-order valence-corrected chi connectivity index (χ3v) is 7.66. The van der Waals surface area contributed by atoms with E-state index >= 15 is 0 Å². The van der Waals surface area contributed by atoms with Crippen LogP contribution in [0, 0.1) is 0 Å². The summed E-state index contributed by atoms with van der Waals surface area (Å²) in [5.74, 6) is 0.890. The molecule has 44 heavy (non-hydrogen) atoms. The number of rotatable bonds is 11. The molecule has 2 aliphatic heterocycles. The Morgan fingerprint density at radius 2 is 1.95 bits per heavy atom. The molecule has 2 aliphatic rings. The first-order valence-corrected chi connectivity index (χ1v) is 15.2. The number of fused-ring (bicyclic) bond motifs is 1. The lowest BCUT2D eigenvalue weighted by molar-refractivity contribution is -0.142. The zero-order valence-electron chi connectivity index (χ0n) is 26.0. The van der Waals surface area contributed by atoms with Crippen LogP contribution in [0.3, 0.4) is 0 Å². The number of aromatic nitrogens is 4. The number of ether oxygens (including phenoxy) is 2. The highest BCUT2D eigenvalue weighted by atomic mass is 16.5. The van der Waals surface area contributed by atoms with Gasteiger partial charge in [-0.1, -0.05) is 32.1 Å². The van der Waals surface area contributed by atoms with Crippen LogP contribution in [0.2, 0.25) is 0 Å². The Hall–Kier alpha value is -4.07. The van der Waals surface area contributed by atoms with Crippen molar-refractivity contribution in [1.29, 1.82) is 0 Å². The Bertz CT molecular complexity index is 1470. The normalized spacial score (nSPS) is 18.0. The van der Waals surface area contributed by atoms with Gasteiger partial charge in [0.1, 0.15) is 6.04 Å². The SMILES string of the molecule is CC(C)c1cnn2c(NCc3cccc(NC(=O)C4COCCN4C(=O)C=CCN(C)C)c3)nc(NC3CCOCC3)nc12. The van der Waals surface area contributed by atoms with Crippen molar-refractivity contribution in [3.63, 3.8) is 0 Å². The maximum atomic E-state index is 13.3. The van der Waals surface area contributed by atoms with E-state index in [0.717, 1.165) is 42.8 Å². The third-order valence-electron chi connectivity index (χ3n) is 7.66. The van der Waals surface area contributed by atoms with Gasteiger partial charge in [-0.15, -0.1) is 0 Å². The molecule has 3 aromatic rings. The minimum Gasteiger partial charge on any atom is -0.381 e. The Labute approximate surface area is 258 Å². The van der Waals surface area contributed by atoms with Crippen LogP contribution in [-0.4, -0.2) is 107 Å². The number of amides is 2. The van der Waals surface area contributed by atoms with Crippen molar-refractivity contribution in [1.82, 2.24) is 29.4 Å². The van der Waals surface area contributed by atoms with Crippen LogP contribution in [0.5, 0.6) is 0 Å². The van der Waals surface area contributed by atoms with E-state index in [1.807, 2.05) is 49.5 Å². The molecule has 5 rings (SSSR count). The third kappa shape index (κ3) is 7.90. The Balaban J connectivity index is 1.28. The van der Waals surface area contributed by atoms with Gasteiger partial charge < -0.3 is 35.2 Å². The molecule has 1 atom stereocenters. The van der Waals surface area contributed by atoms with Crippen LogP contribution in [0.1, 0.15) is 43.7 Å². The summed E-state index contributed by atoms with van der Waals surface area (Å²) in [6, 6.07) is 7.12. The van der Waals surface area contributed by atoms with Gasteiger partial charge in [0, 0.05) is 56.2 Å². The zero-order valence-corrected chi connectivity index (χ0v) is 26.0. The van der Waals surface area contributed by atoms with Gasteiger partial charge in [0.15, 0.2) is 5.65 Å². The van der Waals surface area contributed by atoms with Gasteiger partial charge in [-0.25, -0.2) is 0 Å². The number of nitrogens with zero attached hydrogens (tertiary/aromatic N) is 6. The van der Waals surface area contributed by atoms with Crippen LogP contribution in [-0.2, 0) is 25.6 Å². The number of hydrogen-bond donors (Lipinski definition) is 3. The lowest BCUT2D eigenvalue weighted by Crippen LogP contribution is -2.53. The van der Waals surface area contributed by atoms with E-state index in [2.05, 4.69) is 34.9 Å². The highest BCUT2D eigenvalue weighted by Gasteiger charge is 2.32. The molecule has 0 radical (unpaired) electrons. The number of hydrogen-bond acceptors (Lipinski definition) is 10. The molecule has 1 unspecified atom stereocenters. The molecule has 2 amide bonds. The van der Waals surface area contributed by atoms with Crippen molar-refractivity contribution in [3.05, 3.63) is 53.7 Å². The maximum absolute atomic E-state index is 13.3. The fourth-order valence-corrected chi connectivity index (χ4v) is 5.22. The van der Waals surface area contributed by atoms with E-state index < -0.39 is 6.04 Å². The minimum absolute atomic E-state index is 0.149. The summed E-state index contributed by atoms with van der Waals surface area (Å²) in [5, 5.41) is 14.4. The van der Waals surface area contributed by atoms with Gasteiger partial charge in [0.25, 0.3) is 0 Å². The largest absolute Gasteiger partial charge is 0.381 e. The first kappa shape index (κ1) is 31.4. The molecule has 13 nitrogen and oxygen atoms in total. The van der Waals surface area contributed by atoms with E-state index in [9.17, 15) is 9.59 Å². The van der Waals surface area contributed by atoms with Crippen LogP contribution < -0.4 is 16.0 Å². The molecule has 1 aromatic carbocycles. The van der Waals surface area contributed by atoms with E-state index in [0.29, 0.717) is 43.8 Å². The highest BCUT2D eigenvalue weighted by Crippen LogP contribution is 2.24. The lowest BCUT2D eigenvalue weighted by Gasteiger charge is -2.34. The van der Waals surface area contributed by atoms with Crippen LogP contribution >= 0.6 is 0 Å². The quantitative estimate of drug-likeness (QED) is 0.280. The van der Waals surface area contributed by atoms with Crippen molar-refractivity contribution >= 4 is 35.0 Å². The molecular weight excluding hydrogens is 562 g/mol. The second kappa shape index (κ2) is 14.6. The van der Waals surface area contributed by atoms with Gasteiger partial charge in [0.2, 0.25) is 23.7 Å². The second-order valence-corrected chi connectivity index (χ2v) is 11.7. The van der Waals surface area contributed by atoms with Gasteiger partial charge in [-0.05, 0) is 50.6 Å². The molecule has 2 saturated heterocycles. The first-order valence-electron chi connectivity index (χ1n) is 15.2. The summed E-state index contributed by atoms with van der Waals surface area (Å²) in [7, 11) is 3.86. The molecule has 0 spiro atoms. The fraction of sp³-hybridized carbons (Fsp3) is 0.516. The fourth-order valence-electron chi connectivity index (χ4n) is 5.22. The van der Waals surface area contributed by atoms with Crippen LogP contribution in [0.15, 0.2) is 42.6 Å². The molecule has 4 heterocycles. The number of carbonyl (C=O) groups is 2. The van der Waals surface area contributed by atoms with Gasteiger partial charge >= 0.3 is 0 Å². The molecule has 2 aromatic heterocycles. The number of morpholine rings is 1. The summed E-state index contributed by atoms with van der Waals surface area (Å²) in [6.07, 6.45) is 6.97. The summed E-state index contributed by atoms with van der Waals surface area (Å²) in [4.78, 5) is 39.2. The predicted molar refractivity (Wildman–Crippen MR) is 169 cm³/mol. The van der Waals surface area contributed by atoms with Gasteiger partial charge in [0.05, 0.1) is 19.4 Å². The summed E-state index contributed by atoms with van der Waals surface area (Å²) in [5.41, 5.74) is 3.37. The molecule has 2 fully saturated rings. The standard InChI is InChI=1S/C31H43N9O4/c1-21(2)25-19-33-40-28(25)36-30(35-23-10-14-43-15-11-23)37-31(40)32-18-22-7-5-8-24(17-22)34-29(42)26-20-44-16-13-39(26)27(41)9-6-12-38(3)4/h5-9,17,19,21,23,26H,10-16,18,20H2,1-4H3,(H,34,42)(H2,32,35,36,37). The van der Waals surface area contributed by atoms with Crippen molar-refractivity contribution < 1.29 is 19.1 Å². The number of nitrogens with one attached hydrogen (secondary N) is 3. The number of benzene rings is 1. The Morgan fingerprint density at radius 3 is 2.73 bits per heavy atom. The minimum atomic E-state index is -0.715. The molecule has 236 valence electrons. The Kier molecular flexibility index (Phi) is 10.4. The predicted octanol–water partition coefficient (Wildman–Crippen LogP) is 2.73. The molecule has 13 heteroatoms. The van der Waals surface area contributed by atoms with Crippen LogP contribution in [0.4, 0.5) is 17.6 Å². The number of carbonyl (C=O) groups excluding carboxylic acids is 2. The van der Waals surface area contributed by atoms with Crippen molar-refractivity contribution in [2.45, 2.75) is 51.2 Å².